The van der Waals surface area contributed by atoms with Crippen LogP contribution >= 0.6 is 34.8 Å². The summed E-state index contributed by atoms with van der Waals surface area (Å²) in [5, 5.41) is 7.72. The van der Waals surface area contributed by atoms with Gasteiger partial charge in [0.1, 0.15) is 12.7 Å². The predicted molar refractivity (Wildman–Crippen MR) is 97.8 cm³/mol. The molecule has 0 aromatic carbocycles. The van der Waals surface area contributed by atoms with Crippen molar-refractivity contribution in [1.82, 2.24) is 0 Å². The van der Waals surface area contributed by atoms with Gasteiger partial charge < -0.3 is 23.7 Å². The molecule has 1 rings (SSSR count). The Kier molecular flexibility index (Phi) is 8.82. The van der Waals surface area contributed by atoms with Gasteiger partial charge in [-0.15, -0.1) is 6.42 Å². The van der Waals surface area contributed by atoms with Crippen LogP contribution in [-0.4, -0.2) is 58.8 Å². The molecule has 0 unspecified atom stereocenters. The Hall–Kier alpha value is -1.73. The van der Waals surface area contributed by atoms with E-state index in [9.17, 15) is 14.4 Å². The number of rotatable bonds is 5. The van der Waals surface area contributed by atoms with Gasteiger partial charge in [0.05, 0.1) is 5.92 Å². The van der Waals surface area contributed by atoms with Crippen LogP contribution in [0.15, 0.2) is 0 Å². The first-order valence-electron chi connectivity index (χ1n) is 7.78. The zero-order chi connectivity index (χ0) is 21.6. The largest absolute Gasteiger partial charge is 0.463 e. The summed E-state index contributed by atoms with van der Waals surface area (Å²) in [7, 11) is 0. The summed E-state index contributed by atoms with van der Waals surface area (Å²) in [4.78, 5) is 34.2. The maximum absolute atomic E-state index is 11.6. The highest BCUT2D eigenvalue weighted by Gasteiger charge is 2.52. The lowest BCUT2D eigenvalue weighted by Crippen LogP contribution is -2.59. The lowest BCUT2D eigenvalue weighted by molar-refractivity contribution is -0.270. The van der Waals surface area contributed by atoms with E-state index in [0.717, 1.165) is 13.8 Å². The van der Waals surface area contributed by atoms with Crippen molar-refractivity contribution in [1.29, 1.82) is 5.41 Å². The van der Waals surface area contributed by atoms with Gasteiger partial charge in [-0.2, -0.15) is 0 Å². The van der Waals surface area contributed by atoms with Crippen LogP contribution in [0.4, 0.5) is 0 Å². The van der Waals surface area contributed by atoms with Crippen molar-refractivity contribution in [2.45, 2.75) is 49.2 Å². The van der Waals surface area contributed by atoms with Gasteiger partial charge in [0.25, 0.3) is 3.79 Å². The van der Waals surface area contributed by atoms with Gasteiger partial charge in [0.2, 0.25) is 18.3 Å². The van der Waals surface area contributed by atoms with Crippen LogP contribution in [0.1, 0.15) is 20.8 Å². The fraction of sp³-hybridized carbons (Fsp3) is 0.625. The summed E-state index contributed by atoms with van der Waals surface area (Å²) in [5.41, 5.74) is 0. The summed E-state index contributed by atoms with van der Waals surface area (Å²) in [6.07, 6.45) is 0.330. The maximum atomic E-state index is 11.6. The normalized spacial score (nSPS) is 27.1. The Morgan fingerprint density at radius 3 is 2.00 bits per heavy atom. The number of halogens is 3. The average Bonchev–Trinajstić information content (AvgIpc) is 2.54. The first kappa shape index (κ1) is 24.3. The maximum Gasteiger partial charge on any atom is 0.303 e. The Bertz CT molecular complexity index is 672. The molecule has 0 saturated carbocycles. The van der Waals surface area contributed by atoms with E-state index in [0.29, 0.717) is 0 Å². The summed E-state index contributed by atoms with van der Waals surface area (Å²) >= 11 is 16.8. The number of hydrogen-bond donors (Lipinski definition) is 1. The smallest absolute Gasteiger partial charge is 0.303 e. The molecule has 1 aliphatic heterocycles. The van der Waals surface area contributed by atoms with E-state index < -0.39 is 58.1 Å². The van der Waals surface area contributed by atoms with Crippen LogP contribution < -0.4 is 0 Å². The first-order chi connectivity index (χ1) is 12.9. The molecule has 5 atom stereocenters. The number of hydrogen-bond acceptors (Lipinski definition) is 9. The molecule has 0 bridgehead atoms. The summed E-state index contributed by atoms with van der Waals surface area (Å²) in [6.45, 7) is 3.06. The average molecular weight is 459 g/mol. The lowest BCUT2D eigenvalue weighted by Gasteiger charge is -2.43. The number of carbonyl (C=O) groups excluding carboxylic acids is 3. The molecule has 12 heteroatoms. The van der Waals surface area contributed by atoms with Crippen molar-refractivity contribution in [2.24, 2.45) is 5.92 Å². The fourth-order valence-corrected chi connectivity index (χ4v) is 2.51. The van der Waals surface area contributed by atoms with Gasteiger partial charge in [-0.3, -0.25) is 19.8 Å². The zero-order valence-electron chi connectivity index (χ0n) is 15.1. The third-order valence-corrected chi connectivity index (χ3v) is 3.91. The van der Waals surface area contributed by atoms with Gasteiger partial charge >= 0.3 is 17.9 Å². The molecule has 156 valence electrons. The van der Waals surface area contributed by atoms with E-state index in [1.807, 2.05) is 0 Å². The highest BCUT2D eigenvalue weighted by Crippen LogP contribution is 2.34. The van der Waals surface area contributed by atoms with Gasteiger partial charge in [0, 0.05) is 20.8 Å². The standard InChI is InChI=1S/C16H18Cl3NO8/c1-5-10-11(6-24-7(2)21)27-14(28-15(20)16(17,18)19)13(26-9(4)23)12(10)25-8(3)22/h1,10-14,20H,6H2,2-4H3/t10-,11-,12+,13-,14+/m1/s1. The third-order valence-electron chi connectivity index (χ3n) is 3.39. The summed E-state index contributed by atoms with van der Waals surface area (Å²) in [6, 6.07) is 0. The van der Waals surface area contributed by atoms with Gasteiger partial charge in [-0.1, -0.05) is 40.7 Å². The van der Waals surface area contributed by atoms with Crippen LogP contribution in [-0.2, 0) is 38.1 Å². The Morgan fingerprint density at radius 1 is 1.04 bits per heavy atom. The number of alkyl halides is 3. The molecule has 0 amide bonds. The van der Waals surface area contributed by atoms with Crippen LogP contribution in [0, 0.1) is 23.7 Å². The molecule has 9 nitrogen and oxygen atoms in total. The van der Waals surface area contributed by atoms with Crippen molar-refractivity contribution in [3.8, 4) is 12.3 Å². The van der Waals surface area contributed by atoms with Crippen molar-refractivity contribution < 1.29 is 38.1 Å². The second kappa shape index (κ2) is 10.2. The number of esters is 3. The number of nitrogens with one attached hydrogen (secondary N) is 1. The third kappa shape index (κ3) is 7.02. The quantitative estimate of drug-likeness (QED) is 0.165. The Balaban J connectivity index is 3.28. The highest BCUT2D eigenvalue weighted by molar-refractivity contribution is 6.76. The Morgan fingerprint density at radius 2 is 1.57 bits per heavy atom. The van der Waals surface area contributed by atoms with Crippen molar-refractivity contribution in [3.63, 3.8) is 0 Å². The minimum atomic E-state index is -2.24. The highest BCUT2D eigenvalue weighted by atomic mass is 35.6. The van der Waals surface area contributed by atoms with Crippen molar-refractivity contribution in [3.05, 3.63) is 0 Å². The van der Waals surface area contributed by atoms with Crippen LogP contribution in [0.3, 0.4) is 0 Å². The second-order valence-electron chi connectivity index (χ2n) is 5.63. The SMILES string of the molecule is C#C[C@H]1[C@H](OC(C)=O)[C@@H](OC(C)=O)[C@H](OC(=N)C(Cl)(Cl)Cl)O[C@@H]1COC(C)=O. The van der Waals surface area contributed by atoms with E-state index in [4.69, 9.17) is 70.3 Å². The molecule has 1 N–H and O–H groups in total. The molecular formula is C16H18Cl3NO8. The molecule has 0 radical (unpaired) electrons. The topological polar surface area (TPSA) is 121 Å². The molecule has 1 heterocycles. The Labute approximate surface area is 176 Å². The minimum Gasteiger partial charge on any atom is -0.463 e. The zero-order valence-corrected chi connectivity index (χ0v) is 17.3. The fourth-order valence-electron chi connectivity index (χ4n) is 2.37. The van der Waals surface area contributed by atoms with Gasteiger partial charge in [0.15, 0.2) is 6.10 Å². The second-order valence-corrected chi connectivity index (χ2v) is 7.91. The van der Waals surface area contributed by atoms with Gasteiger partial charge in [-0.05, 0) is 0 Å². The van der Waals surface area contributed by atoms with Crippen LogP contribution in [0.25, 0.3) is 0 Å². The van der Waals surface area contributed by atoms with E-state index in [-0.39, 0.29) is 6.61 Å². The molecule has 0 aromatic rings. The number of ether oxygens (including phenoxy) is 5. The van der Waals surface area contributed by atoms with E-state index >= 15 is 0 Å². The van der Waals surface area contributed by atoms with Crippen LogP contribution in [0.2, 0.25) is 0 Å². The molecular weight excluding hydrogens is 441 g/mol. The molecule has 1 fully saturated rings. The summed E-state index contributed by atoms with van der Waals surface area (Å²) < 4.78 is 23.8. The van der Waals surface area contributed by atoms with E-state index in [1.165, 1.54) is 6.92 Å². The van der Waals surface area contributed by atoms with E-state index in [1.54, 1.807) is 0 Å². The lowest BCUT2D eigenvalue weighted by atomic mass is 9.89. The molecule has 0 spiro atoms. The molecule has 0 aromatic heterocycles. The number of terminal acetylenes is 1. The molecule has 28 heavy (non-hydrogen) atoms. The van der Waals surface area contributed by atoms with E-state index in [2.05, 4.69) is 5.92 Å². The van der Waals surface area contributed by atoms with Crippen molar-refractivity contribution >= 4 is 58.6 Å². The van der Waals surface area contributed by atoms with Crippen molar-refractivity contribution in [2.75, 3.05) is 6.61 Å². The number of carbonyl (C=O) groups is 3. The molecule has 0 aliphatic carbocycles. The molecule has 1 saturated heterocycles. The monoisotopic (exact) mass is 457 g/mol. The predicted octanol–water partition coefficient (Wildman–Crippen LogP) is 1.75. The van der Waals surface area contributed by atoms with Gasteiger partial charge in [-0.25, -0.2) is 0 Å². The van der Waals surface area contributed by atoms with Crippen LogP contribution in [0.5, 0.6) is 0 Å². The summed E-state index contributed by atoms with van der Waals surface area (Å²) in [5.74, 6) is -1.56. The minimum absolute atomic E-state index is 0.324. The first-order valence-corrected chi connectivity index (χ1v) is 8.92. The molecule has 1 aliphatic rings.